The largest absolute Gasteiger partial charge is 0.414 e. The van der Waals surface area contributed by atoms with Crippen LogP contribution in [-0.2, 0) is 28.1 Å². The van der Waals surface area contributed by atoms with Crippen LogP contribution in [0.1, 0.15) is 67.2 Å². The lowest BCUT2D eigenvalue weighted by Gasteiger charge is -2.37. The number of imidazole rings is 1. The molecule has 234 valence electrons. The molecule has 8 atom stereocenters. The number of hydrogen-bond acceptors (Lipinski definition) is 10. The van der Waals surface area contributed by atoms with Crippen molar-refractivity contribution in [3.63, 3.8) is 0 Å². The molecule has 14 heteroatoms. The lowest BCUT2D eigenvalue weighted by molar-refractivity contribution is -0.199. The van der Waals surface area contributed by atoms with Crippen molar-refractivity contribution in [2.24, 2.45) is 5.92 Å². The summed E-state index contributed by atoms with van der Waals surface area (Å²) in [5, 5.41) is 19.3. The zero-order chi connectivity index (χ0) is 30.6. The predicted octanol–water partition coefficient (Wildman–Crippen LogP) is 3.88. The van der Waals surface area contributed by atoms with E-state index >= 15 is 0 Å². The van der Waals surface area contributed by atoms with Gasteiger partial charge in [0.05, 0.1) is 25.1 Å². The van der Waals surface area contributed by atoms with Gasteiger partial charge in [0, 0.05) is 12.5 Å². The topological polar surface area (TPSA) is 135 Å². The van der Waals surface area contributed by atoms with Crippen molar-refractivity contribution in [2.75, 3.05) is 13.2 Å². The Morgan fingerprint density at radius 3 is 2.33 bits per heavy atom. The molecule has 2 aromatic heterocycles. The molecular weight excluding hydrogens is 582 g/mol. The highest BCUT2D eigenvalue weighted by Gasteiger charge is 2.58. The van der Waals surface area contributed by atoms with Crippen LogP contribution in [-0.4, -0.2) is 87.8 Å². The summed E-state index contributed by atoms with van der Waals surface area (Å²) in [4.78, 5) is 9.32. The summed E-state index contributed by atoms with van der Waals surface area (Å²) in [6.07, 6.45) is -0.291. The Labute approximate surface area is 252 Å². The van der Waals surface area contributed by atoms with Crippen LogP contribution in [0.2, 0.25) is 23.4 Å². The molecule has 5 heterocycles. The number of ether oxygens (including phenoxy) is 5. The number of hydrogen-bond donors (Lipinski definition) is 2. The molecule has 0 amide bonds. The van der Waals surface area contributed by atoms with Gasteiger partial charge in [0.1, 0.15) is 24.4 Å². The average molecular weight is 626 g/mol. The monoisotopic (exact) mass is 625 g/mol. The van der Waals surface area contributed by atoms with Crippen molar-refractivity contribution in [3.8, 4) is 0 Å². The first-order valence-electron chi connectivity index (χ1n) is 14.7. The van der Waals surface area contributed by atoms with E-state index in [0.717, 1.165) is 0 Å². The van der Waals surface area contributed by atoms with Crippen LogP contribution in [0.5, 0.6) is 0 Å². The van der Waals surface area contributed by atoms with Gasteiger partial charge < -0.3 is 37.8 Å². The van der Waals surface area contributed by atoms with Crippen molar-refractivity contribution in [2.45, 2.75) is 127 Å². The predicted molar refractivity (Wildman–Crippen MR) is 155 cm³/mol. The maximum Gasteiger partial charge on any atom is 0.207 e. The van der Waals surface area contributed by atoms with Gasteiger partial charge in [-0.05, 0) is 63.8 Å². The summed E-state index contributed by atoms with van der Waals surface area (Å²) in [5.41, 5.74) is 0.901. The minimum absolute atomic E-state index is 0.0264. The van der Waals surface area contributed by atoms with Crippen LogP contribution in [0, 0.1) is 11.3 Å². The van der Waals surface area contributed by atoms with E-state index in [4.69, 9.17) is 50.1 Å². The summed E-state index contributed by atoms with van der Waals surface area (Å²) >= 11 is 6.76. The standard InChI is InChI=1S/C28H44ClN5O7Si/c1-26(2,3)42(8,9)36-12-16-20-21(41-28(6,7)40-20)24(37-16)34-23-17(32-25(34)29)22(30)33(13-31-23)15-10-14(11-35)18-19(15)39-27(4,5)38-18/h13-16,18-21,24,30,35H,10-12H2,1-9H3/t14-,15-,16-,18-,19+,20-,21-,24-/m1/s1. The first-order valence-corrected chi connectivity index (χ1v) is 18.0. The molecule has 3 aliphatic heterocycles. The Bertz CT molecular complexity index is 1420. The Morgan fingerprint density at radius 1 is 1.07 bits per heavy atom. The smallest absolute Gasteiger partial charge is 0.207 e. The van der Waals surface area contributed by atoms with Crippen molar-refractivity contribution < 1.29 is 33.2 Å². The fourth-order valence-corrected chi connectivity index (χ4v) is 7.74. The molecule has 0 radical (unpaired) electrons. The van der Waals surface area contributed by atoms with Crippen LogP contribution in [0.15, 0.2) is 6.33 Å². The lowest BCUT2D eigenvalue weighted by atomic mass is 10.1. The zero-order valence-corrected chi connectivity index (χ0v) is 27.6. The second kappa shape index (κ2) is 10.0. The van der Waals surface area contributed by atoms with E-state index in [9.17, 15) is 5.11 Å². The lowest BCUT2D eigenvalue weighted by Crippen LogP contribution is -2.44. The Balaban J connectivity index is 1.33. The van der Waals surface area contributed by atoms with Gasteiger partial charge in [0.25, 0.3) is 0 Å². The number of aromatic nitrogens is 4. The molecule has 2 N–H and O–H groups in total. The van der Waals surface area contributed by atoms with Crippen molar-refractivity contribution in [3.05, 3.63) is 17.1 Å². The zero-order valence-electron chi connectivity index (χ0n) is 25.9. The van der Waals surface area contributed by atoms with Gasteiger partial charge in [-0.25, -0.2) is 9.97 Å². The van der Waals surface area contributed by atoms with Crippen molar-refractivity contribution in [1.29, 1.82) is 5.41 Å². The van der Waals surface area contributed by atoms with Crippen molar-refractivity contribution in [1.82, 2.24) is 19.1 Å². The number of nitrogens with zero attached hydrogens (tertiary/aromatic N) is 4. The summed E-state index contributed by atoms with van der Waals surface area (Å²) in [6, 6.07) is -0.251. The molecule has 1 aliphatic carbocycles. The number of rotatable bonds is 6. The van der Waals surface area contributed by atoms with Gasteiger partial charge in [-0.2, -0.15) is 0 Å². The number of aliphatic hydroxyl groups excluding tert-OH is 1. The van der Waals surface area contributed by atoms with E-state index in [1.165, 1.54) is 0 Å². The van der Waals surface area contributed by atoms with Gasteiger partial charge in [-0.1, -0.05) is 20.8 Å². The van der Waals surface area contributed by atoms with Crippen LogP contribution in [0.25, 0.3) is 11.2 Å². The van der Waals surface area contributed by atoms with E-state index in [1.54, 1.807) is 15.5 Å². The molecular formula is C28H44ClN5O7Si. The van der Waals surface area contributed by atoms with E-state index in [0.29, 0.717) is 24.2 Å². The van der Waals surface area contributed by atoms with Crippen molar-refractivity contribution >= 4 is 31.1 Å². The number of fused-ring (bicyclic) bond motifs is 3. The van der Waals surface area contributed by atoms with E-state index in [2.05, 4.69) is 38.8 Å². The van der Waals surface area contributed by atoms with Gasteiger partial charge in [-0.15, -0.1) is 0 Å². The fourth-order valence-electron chi connectivity index (χ4n) is 6.47. The normalized spacial score (nSPS) is 35.7. The molecule has 0 unspecified atom stereocenters. The molecule has 4 fully saturated rings. The second-order valence-electron chi connectivity index (χ2n) is 14.4. The number of nitrogens with one attached hydrogen (secondary N) is 1. The summed E-state index contributed by atoms with van der Waals surface area (Å²) in [5.74, 6) is -1.70. The van der Waals surface area contributed by atoms with Gasteiger partial charge in [0.15, 0.2) is 42.8 Å². The number of aliphatic hydroxyl groups is 1. The molecule has 0 aromatic carbocycles. The SMILES string of the molecule is CC1(C)O[C@@H]2[C@@H](CO)C[C@@H](n3cnc4c(nc(Cl)n4[C@@H]4O[C@H](CO[Si](C)(C)C(C)(C)C)[C@H]5OC(C)(C)O[C@H]54)c3=N)[C@@H]2O1. The van der Waals surface area contributed by atoms with Crippen LogP contribution >= 0.6 is 11.6 Å². The minimum Gasteiger partial charge on any atom is -0.414 e. The molecule has 4 aliphatic rings. The molecule has 42 heavy (non-hydrogen) atoms. The molecule has 6 rings (SSSR count). The van der Waals surface area contributed by atoms with Gasteiger partial charge >= 0.3 is 0 Å². The fraction of sp³-hybridized carbons (Fsp3) is 0.821. The van der Waals surface area contributed by atoms with Crippen LogP contribution < -0.4 is 5.49 Å². The quantitative estimate of drug-likeness (QED) is 0.362. The summed E-state index contributed by atoms with van der Waals surface area (Å²) in [6.45, 7) is 18.9. The molecule has 2 aromatic rings. The first-order chi connectivity index (χ1) is 19.4. The van der Waals surface area contributed by atoms with Crippen LogP contribution in [0.4, 0.5) is 0 Å². The maximum atomic E-state index is 10.0. The minimum atomic E-state index is -2.04. The van der Waals surface area contributed by atoms with Crippen LogP contribution in [0.3, 0.4) is 0 Å². The highest BCUT2D eigenvalue weighted by Crippen LogP contribution is 2.48. The molecule has 12 nitrogen and oxygen atoms in total. The molecule has 0 bridgehead atoms. The first kappa shape index (κ1) is 30.6. The Morgan fingerprint density at radius 2 is 1.69 bits per heavy atom. The maximum absolute atomic E-state index is 10.0. The highest BCUT2D eigenvalue weighted by atomic mass is 35.5. The third-order valence-corrected chi connectivity index (χ3v) is 14.3. The molecule has 3 saturated heterocycles. The summed E-state index contributed by atoms with van der Waals surface area (Å²) in [7, 11) is -2.04. The third kappa shape index (κ3) is 4.98. The van der Waals surface area contributed by atoms with Gasteiger partial charge in [0.2, 0.25) is 5.28 Å². The molecule has 1 saturated carbocycles. The highest BCUT2D eigenvalue weighted by molar-refractivity contribution is 6.74. The van der Waals surface area contributed by atoms with Gasteiger partial charge in [-0.3, -0.25) is 9.98 Å². The van der Waals surface area contributed by atoms with E-state index in [1.807, 2.05) is 27.7 Å². The third-order valence-electron chi connectivity index (χ3n) is 9.57. The average Bonchev–Trinajstić information content (AvgIpc) is 3.62. The van der Waals surface area contributed by atoms with E-state index < -0.39 is 32.2 Å². The summed E-state index contributed by atoms with van der Waals surface area (Å²) < 4.78 is 41.5. The van der Waals surface area contributed by atoms with E-state index in [-0.39, 0.29) is 58.8 Å². The second-order valence-corrected chi connectivity index (χ2v) is 19.6. The Kier molecular flexibility index (Phi) is 7.32. The Hall–Kier alpha value is -1.42. The molecule has 0 spiro atoms. The number of halogens is 1.